The molecule has 0 spiro atoms. The highest BCUT2D eigenvalue weighted by Gasteiger charge is 2.20. The molecule has 0 unspecified atom stereocenters. The van der Waals surface area contributed by atoms with Gasteiger partial charge in [0.15, 0.2) is 0 Å². The van der Waals surface area contributed by atoms with Crippen LogP contribution in [0.1, 0.15) is 40.2 Å². The van der Waals surface area contributed by atoms with Gasteiger partial charge in [-0.15, -0.1) is 0 Å². The van der Waals surface area contributed by atoms with E-state index in [1.807, 2.05) is 38.1 Å². The lowest BCUT2D eigenvalue weighted by atomic mass is 9.86. The number of carbonyl (C=O) groups is 1. The van der Waals surface area contributed by atoms with Crippen LogP contribution >= 0.6 is 0 Å². The van der Waals surface area contributed by atoms with Gasteiger partial charge in [0.05, 0.1) is 0 Å². The third kappa shape index (κ3) is 4.10. The standard InChI is InChI=1S/C14H21NO2/c1-10(2)15-13(16)17-12-9-7-6-8-11(12)14(3,4)5/h6-10H,1-5H3,(H,15,16). The van der Waals surface area contributed by atoms with Crippen LogP contribution in [0, 0.1) is 0 Å². The molecule has 0 bridgehead atoms. The number of carbonyl (C=O) groups excluding carboxylic acids is 1. The van der Waals surface area contributed by atoms with Crippen LogP contribution in [-0.2, 0) is 5.41 Å². The first-order valence-electron chi connectivity index (χ1n) is 5.88. The number of para-hydroxylation sites is 1. The number of amides is 1. The number of rotatable bonds is 2. The van der Waals surface area contributed by atoms with E-state index in [2.05, 4.69) is 26.1 Å². The van der Waals surface area contributed by atoms with Crippen molar-refractivity contribution in [1.29, 1.82) is 0 Å². The molecule has 0 atom stereocenters. The van der Waals surface area contributed by atoms with E-state index in [4.69, 9.17) is 4.74 Å². The highest BCUT2D eigenvalue weighted by atomic mass is 16.6. The second-order valence-electron chi connectivity index (χ2n) is 5.43. The van der Waals surface area contributed by atoms with Gasteiger partial charge >= 0.3 is 6.09 Å². The summed E-state index contributed by atoms with van der Waals surface area (Å²) in [5.74, 6) is 0.623. The van der Waals surface area contributed by atoms with E-state index in [0.717, 1.165) is 5.56 Å². The maximum atomic E-state index is 11.6. The molecule has 1 N–H and O–H groups in total. The average Bonchev–Trinajstić information content (AvgIpc) is 2.15. The van der Waals surface area contributed by atoms with Gasteiger partial charge in [-0.05, 0) is 25.3 Å². The summed E-state index contributed by atoms with van der Waals surface area (Å²) in [6.45, 7) is 10.1. The molecule has 1 rings (SSSR count). The molecule has 0 aliphatic rings. The Labute approximate surface area is 103 Å². The second-order valence-corrected chi connectivity index (χ2v) is 5.43. The molecule has 17 heavy (non-hydrogen) atoms. The third-order valence-corrected chi connectivity index (χ3v) is 2.30. The van der Waals surface area contributed by atoms with Gasteiger partial charge in [-0.2, -0.15) is 0 Å². The fraction of sp³-hybridized carbons (Fsp3) is 0.500. The molecule has 0 saturated carbocycles. The molecule has 1 aromatic rings. The van der Waals surface area contributed by atoms with Crippen LogP contribution in [0.15, 0.2) is 24.3 Å². The Morgan fingerprint density at radius 3 is 2.35 bits per heavy atom. The van der Waals surface area contributed by atoms with Gasteiger partial charge in [0, 0.05) is 11.6 Å². The van der Waals surface area contributed by atoms with Crippen molar-refractivity contribution in [2.75, 3.05) is 0 Å². The molecule has 1 amide bonds. The van der Waals surface area contributed by atoms with Gasteiger partial charge in [-0.1, -0.05) is 39.0 Å². The number of nitrogens with one attached hydrogen (secondary N) is 1. The SMILES string of the molecule is CC(C)NC(=O)Oc1ccccc1C(C)(C)C. The zero-order valence-electron chi connectivity index (χ0n) is 11.2. The summed E-state index contributed by atoms with van der Waals surface area (Å²) in [5, 5.41) is 2.71. The lowest BCUT2D eigenvalue weighted by molar-refractivity contribution is 0.197. The molecule has 0 radical (unpaired) electrons. The minimum absolute atomic E-state index is 0.0469. The van der Waals surface area contributed by atoms with E-state index in [1.54, 1.807) is 0 Å². The van der Waals surface area contributed by atoms with Crippen molar-refractivity contribution in [1.82, 2.24) is 5.32 Å². The van der Waals surface area contributed by atoms with Crippen LogP contribution in [0.3, 0.4) is 0 Å². The molecule has 0 aliphatic heterocycles. The van der Waals surface area contributed by atoms with Crippen molar-refractivity contribution in [3.8, 4) is 5.75 Å². The molecule has 0 saturated heterocycles. The average molecular weight is 235 g/mol. The van der Waals surface area contributed by atoms with Gasteiger partial charge in [0.25, 0.3) is 0 Å². The van der Waals surface area contributed by atoms with Gasteiger partial charge in [0.2, 0.25) is 0 Å². The maximum Gasteiger partial charge on any atom is 0.412 e. The quantitative estimate of drug-likeness (QED) is 0.852. The van der Waals surface area contributed by atoms with Crippen LogP contribution < -0.4 is 10.1 Å². The van der Waals surface area contributed by atoms with Crippen LogP contribution in [-0.4, -0.2) is 12.1 Å². The fourth-order valence-corrected chi connectivity index (χ4v) is 1.54. The zero-order valence-corrected chi connectivity index (χ0v) is 11.2. The van der Waals surface area contributed by atoms with E-state index >= 15 is 0 Å². The second kappa shape index (κ2) is 5.21. The molecule has 3 nitrogen and oxygen atoms in total. The topological polar surface area (TPSA) is 38.3 Å². The summed E-state index contributed by atoms with van der Waals surface area (Å²) in [6, 6.07) is 7.70. The van der Waals surface area contributed by atoms with Gasteiger partial charge in [-0.3, -0.25) is 0 Å². The Bertz CT molecular complexity index is 391. The van der Waals surface area contributed by atoms with Crippen molar-refractivity contribution in [3.63, 3.8) is 0 Å². The van der Waals surface area contributed by atoms with E-state index < -0.39 is 6.09 Å². The van der Waals surface area contributed by atoms with Crippen molar-refractivity contribution in [2.24, 2.45) is 0 Å². The van der Waals surface area contributed by atoms with Gasteiger partial charge in [-0.25, -0.2) is 4.79 Å². The fourth-order valence-electron chi connectivity index (χ4n) is 1.54. The number of hydrogen-bond acceptors (Lipinski definition) is 2. The van der Waals surface area contributed by atoms with Crippen molar-refractivity contribution < 1.29 is 9.53 Å². The highest BCUT2D eigenvalue weighted by molar-refractivity contribution is 5.71. The lowest BCUT2D eigenvalue weighted by Crippen LogP contribution is -2.33. The van der Waals surface area contributed by atoms with Crippen molar-refractivity contribution >= 4 is 6.09 Å². The first-order chi connectivity index (χ1) is 7.80. The monoisotopic (exact) mass is 235 g/mol. The summed E-state index contributed by atoms with van der Waals surface area (Å²) in [6.07, 6.45) is -0.406. The predicted molar refractivity (Wildman–Crippen MR) is 69.4 cm³/mol. The smallest absolute Gasteiger partial charge is 0.410 e. The van der Waals surface area contributed by atoms with E-state index in [-0.39, 0.29) is 11.5 Å². The third-order valence-electron chi connectivity index (χ3n) is 2.30. The number of hydrogen-bond donors (Lipinski definition) is 1. The normalized spacial score (nSPS) is 11.4. The lowest BCUT2D eigenvalue weighted by Gasteiger charge is -2.22. The Hall–Kier alpha value is -1.51. The zero-order chi connectivity index (χ0) is 13.1. The molecular formula is C14H21NO2. The van der Waals surface area contributed by atoms with Crippen LogP contribution in [0.2, 0.25) is 0 Å². The molecule has 1 aromatic carbocycles. The van der Waals surface area contributed by atoms with E-state index in [1.165, 1.54) is 0 Å². The molecule has 0 aromatic heterocycles. The molecule has 3 heteroatoms. The first-order valence-corrected chi connectivity index (χ1v) is 5.88. The summed E-state index contributed by atoms with van der Waals surface area (Å²) in [7, 11) is 0. The molecular weight excluding hydrogens is 214 g/mol. The Morgan fingerprint density at radius 1 is 1.24 bits per heavy atom. The first kappa shape index (κ1) is 13.6. The van der Waals surface area contributed by atoms with Crippen LogP contribution in [0.5, 0.6) is 5.75 Å². The number of benzene rings is 1. The van der Waals surface area contributed by atoms with Crippen LogP contribution in [0.25, 0.3) is 0 Å². The van der Waals surface area contributed by atoms with Crippen molar-refractivity contribution in [2.45, 2.75) is 46.1 Å². The molecule has 0 heterocycles. The molecule has 0 aliphatic carbocycles. The predicted octanol–water partition coefficient (Wildman–Crippen LogP) is 3.48. The highest BCUT2D eigenvalue weighted by Crippen LogP contribution is 2.30. The van der Waals surface area contributed by atoms with E-state index in [0.29, 0.717) is 5.75 Å². The summed E-state index contributed by atoms with van der Waals surface area (Å²) in [4.78, 5) is 11.6. The van der Waals surface area contributed by atoms with Gasteiger partial charge in [0.1, 0.15) is 5.75 Å². The van der Waals surface area contributed by atoms with E-state index in [9.17, 15) is 4.79 Å². The summed E-state index contributed by atoms with van der Waals surface area (Å²) >= 11 is 0. The molecule has 94 valence electrons. The van der Waals surface area contributed by atoms with Crippen molar-refractivity contribution in [3.05, 3.63) is 29.8 Å². The van der Waals surface area contributed by atoms with Crippen LogP contribution in [0.4, 0.5) is 4.79 Å². The minimum atomic E-state index is -0.406. The minimum Gasteiger partial charge on any atom is -0.410 e. The Kier molecular flexibility index (Phi) is 4.16. The largest absolute Gasteiger partial charge is 0.412 e. The maximum absolute atomic E-state index is 11.6. The summed E-state index contributed by atoms with van der Waals surface area (Å²) in [5.41, 5.74) is 0.980. The number of ether oxygens (including phenoxy) is 1. The molecule has 0 fully saturated rings. The summed E-state index contributed by atoms with van der Waals surface area (Å²) < 4.78 is 5.33. The Morgan fingerprint density at radius 2 is 1.82 bits per heavy atom. The van der Waals surface area contributed by atoms with Gasteiger partial charge < -0.3 is 10.1 Å². The Balaban J connectivity index is 2.88.